The summed E-state index contributed by atoms with van der Waals surface area (Å²) in [6.45, 7) is 2.70. The average molecular weight is 377 g/mol. The van der Waals surface area contributed by atoms with E-state index in [0.29, 0.717) is 31.1 Å². The number of amides is 1. The minimum atomic E-state index is -0.557. The maximum Gasteiger partial charge on any atom is 0.261 e. The lowest BCUT2D eigenvalue weighted by atomic mass is 10.1. The SMILES string of the molecule is CCC(Oc1ccc2ccccc2c1)C(=O)NCC1COc2ccccc2O1. The molecule has 0 fully saturated rings. The van der Waals surface area contributed by atoms with Crippen molar-refractivity contribution in [3.63, 3.8) is 0 Å². The van der Waals surface area contributed by atoms with E-state index in [1.807, 2.05) is 73.7 Å². The van der Waals surface area contributed by atoms with Gasteiger partial charge in [0.05, 0.1) is 6.54 Å². The summed E-state index contributed by atoms with van der Waals surface area (Å²) in [6, 6.07) is 21.5. The van der Waals surface area contributed by atoms with Gasteiger partial charge in [0.15, 0.2) is 17.6 Å². The van der Waals surface area contributed by atoms with Crippen molar-refractivity contribution in [3.05, 3.63) is 66.7 Å². The van der Waals surface area contributed by atoms with E-state index in [4.69, 9.17) is 14.2 Å². The van der Waals surface area contributed by atoms with Gasteiger partial charge in [-0.1, -0.05) is 49.4 Å². The zero-order valence-corrected chi connectivity index (χ0v) is 15.8. The number of fused-ring (bicyclic) bond motifs is 2. The van der Waals surface area contributed by atoms with Crippen LogP contribution >= 0.6 is 0 Å². The molecule has 4 rings (SSSR count). The standard InChI is InChI=1S/C23H23NO4/c1-2-20(27-18-12-11-16-7-3-4-8-17(16)13-18)23(25)24-14-19-15-26-21-9-5-6-10-22(21)28-19/h3-13,19-20H,2,14-15H2,1H3,(H,24,25). The van der Waals surface area contributed by atoms with Crippen LogP contribution in [0.2, 0.25) is 0 Å². The number of hydrogen-bond acceptors (Lipinski definition) is 4. The summed E-state index contributed by atoms with van der Waals surface area (Å²) in [5.41, 5.74) is 0. The molecule has 0 saturated heterocycles. The molecule has 0 bridgehead atoms. The summed E-state index contributed by atoms with van der Waals surface area (Å²) >= 11 is 0. The van der Waals surface area contributed by atoms with Gasteiger partial charge in [-0.15, -0.1) is 0 Å². The van der Waals surface area contributed by atoms with Crippen LogP contribution in [-0.4, -0.2) is 31.3 Å². The highest BCUT2D eigenvalue weighted by Gasteiger charge is 2.24. The minimum absolute atomic E-state index is 0.155. The molecule has 0 aromatic heterocycles. The Hall–Kier alpha value is -3.21. The second-order valence-electron chi connectivity index (χ2n) is 6.77. The van der Waals surface area contributed by atoms with Gasteiger partial charge < -0.3 is 19.5 Å². The summed E-state index contributed by atoms with van der Waals surface area (Å²) in [4.78, 5) is 12.6. The van der Waals surface area contributed by atoms with E-state index < -0.39 is 6.10 Å². The van der Waals surface area contributed by atoms with Crippen LogP contribution < -0.4 is 19.5 Å². The molecular weight excluding hydrogens is 354 g/mol. The van der Waals surface area contributed by atoms with Gasteiger partial charge in [-0.25, -0.2) is 0 Å². The van der Waals surface area contributed by atoms with Crippen molar-refractivity contribution in [2.24, 2.45) is 0 Å². The Balaban J connectivity index is 1.35. The van der Waals surface area contributed by atoms with Crippen molar-refractivity contribution in [1.82, 2.24) is 5.32 Å². The van der Waals surface area contributed by atoms with Crippen molar-refractivity contribution in [1.29, 1.82) is 0 Å². The summed E-state index contributed by atoms with van der Waals surface area (Å²) in [5.74, 6) is 1.97. The van der Waals surface area contributed by atoms with Gasteiger partial charge in [0.1, 0.15) is 18.5 Å². The van der Waals surface area contributed by atoms with Crippen LogP contribution in [0.15, 0.2) is 66.7 Å². The number of benzene rings is 3. The molecule has 1 aliphatic heterocycles. The van der Waals surface area contributed by atoms with E-state index in [0.717, 1.165) is 16.5 Å². The van der Waals surface area contributed by atoms with Crippen LogP contribution in [0.5, 0.6) is 17.2 Å². The van der Waals surface area contributed by atoms with E-state index in [-0.39, 0.29) is 12.0 Å². The molecule has 0 radical (unpaired) electrons. The predicted octanol–water partition coefficient (Wildman–Crippen LogP) is 3.95. The van der Waals surface area contributed by atoms with Gasteiger partial charge in [-0.3, -0.25) is 4.79 Å². The zero-order chi connectivity index (χ0) is 19.3. The van der Waals surface area contributed by atoms with Crippen LogP contribution in [-0.2, 0) is 4.79 Å². The fourth-order valence-electron chi connectivity index (χ4n) is 3.22. The van der Waals surface area contributed by atoms with Gasteiger partial charge in [0, 0.05) is 0 Å². The lowest BCUT2D eigenvalue weighted by Gasteiger charge is -2.27. The first-order valence-corrected chi connectivity index (χ1v) is 9.54. The molecule has 144 valence electrons. The lowest BCUT2D eigenvalue weighted by Crippen LogP contribution is -2.45. The van der Waals surface area contributed by atoms with Gasteiger partial charge in [-0.05, 0) is 41.5 Å². The van der Waals surface area contributed by atoms with Gasteiger partial charge in [0.2, 0.25) is 0 Å². The Morgan fingerprint density at radius 2 is 1.82 bits per heavy atom. The zero-order valence-electron chi connectivity index (χ0n) is 15.8. The maximum atomic E-state index is 12.6. The number of hydrogen-bond donors (Lipinski definition) is 1. The minimum Gasteiger partial charge on any atom is -0.486 e. The first-order chi connectivity index (χ1) is 13.7. The molecule has 1 amide bonds. The van der Waals surface area contributed by atoms with Crippen LogP contribution in [0.25, 0.3) is 10.8 Å². The molecule has 3 aromatic carbocycles. The molecule has 3 aromatic rings. The Morgan fingerprint density at radius 3 is 2.64 bits per heavy atom. The second kappa shape index (κ2) is 8.21. The fourth-order valence-corrected chi connectivity index (χ4v) is 3.22. The lowest BCUT2D eigenvalue weighted by molar-refractivity contribution is -0.128. The molecule has 1 heterocycles. The molecule has 28 heavy (non-hydrogen) atoms. The average Bonchev–Trinajstić information content (AvgIpc) is 2.75. The molecule has 0 saturated carbocycles. The van der Waals surface area contributed by atoms with Crippen molar-refractivity contribution < 1.29 is 19.0 Å². The summed E-state index contributed by atoms with van der Waals surface area (Å²) in [7, 11) is 0. The second-order valence-corrected chi connectivity index (χ2v) is 6.77. The molecule has 0 aliphatic carbocycles. The number of carbonyl (C=O) groups excluding carboxylic acids is 1. The summed E-state index contributed by atoms with van der Waals surface area (Å²) < 4.78 is 17.5. The molecule has 5 nitrogen and oxygen atoms in total. The number of nitrogens with one attached hydrogen (secondary N) is 1. The first kappa shape index (κ1) is 18.2. The number of ether oxygens (including phenoxy) is 3. The quantitative estimate of drug-likeness (QED) is 0.707. The molecule has 2 atom stereocenters. The van der Waals surface area contributed by atoms with Gasteiger partial charge >= 0.3 is 0 Å². The Morgan fingerprint density at radius 1 is 1.07 bits per heavy atom. The monoisotopic (exact) mass is 377 g/mol. The predicted molar refractivity (Wildman–Crippen MR) is 108 cm³/mol. The fraction of sp³-hybridized carbons (Fsp3) is 0.261. The van der Waals surface area contributed by atoms with Crippen molar-refractivity contribution in [3.8, 4) is 17.2 Å². The molecule has 5 heteroatoms. The topological polar surface area (TPSA) is 56.8 Å². The third-order valence-corrected chi connectivity index (χ3v) is 4.73. The Labute approximate surface area is 164 Å². The van der Waals surface area contributed by atoms with Gasteiger partial charge in [-0.2, -0.15) is 0 Å². The molecular formula is C23H23NO4. The normalized spacial score (nSPS) is 16.4. The molecule has 2 unspecified atom stereocenters. The third-order valence-electron chi connectivity index (χ3n) is 4.73. The van der Waals surface area contributed by atoms with E-state index in [9.17, 15) is 4.79 Å². The highest BCUT2D eigenvalue weighted by atomic mass is 16.6. The van der Waals surface area contributed by atoms with E-state index >= 15 is 0 Å². The Kier molecular flexibility index (Phi) is 5.33. The molecule has 1 N–H and O–H groups in total. The largest absolute Gasteiger partial charge is 0.486 e. The summed E-state index contributed by atoms with van der Waals surface area (Å²) in [5, 5.41) is 5.15. The Bertz CT molecular complexity index is 971. The van der Waals surface area contributed by atoms with E-state index in [1.54, 1.807) is 0 Å². The summed E-state index contributed by atoms with van der Waals surface area (Å²) in [6.07, 6.45) is -0.209. The van der Waals surface area contributed by atoms with Crippen molar-refractivity contribution in [2.45, 2.75) is 25.6 Å². The van der Waals surface area contributed by atoms with Gasteiger partial charge in [0.25, 0.3) is 5.91 Å². The number of para-hydroxylation sites is 2. The number of rotatable bonds is 6. The highest BCUT2D eigenvalue weighted by molar-refractivity contribution is 5.84. The van der Waals surface area contributed by atoms with E-state index in [1.165, 1.54) is 0 Å². The van der Waals surface area contributed by atoms with Crippen molar-refractivity contribution in [2.75, 3.05) is 13.2 Å². The molecule has 1 aliphatic rings. The van der Waals surface area contributed by atoms with Crippen LogP contribution in [0, 0.1) is 0 Å². The maximum absolute atomic E-state index is 12.6. The van der Waals surface area contributed by atoms with Crippen LogP contribution in [0.1, 0.15) is 13.3 Å². The van der Waals surface area contributed by atoms with Crippen LogP contribution in [0.4, 0.5) is 0 Å². The van der Waals surface area contributed by atoms with Crippen LogP contribution in [0.3, 0.4) is 0 Å². The third kappa shape index (κ3) is 4.03. The van der Waals surface area contributed by atoms with Crippen molar-refractivity contribution >= 4 is 16.7 Å². The molecule has 0 spiro atoms. The smallest absolute Gasteiger partial charge is 0.261 e. The number of carbonyl (C=O) groups is 1. The first-order valence-electron chi connectivity index (χ1n) is 9.54. The van der Waals surface area contributed by atoms with E-state index in [2.05, 4.69) is 5.32 Å². The highest BCUT2D eigenvalue weighted by Crippen LogP contribution is 2.30.